The summed E-state index contributed by atoms with van der Waals surface area (Å²) in [6, 6.07) is 8.36. The van der Waals surface area contributed by atoms with Crippen molar-refractivity contribution in [2.75, 3.05) is 0 Å². The molecule has 1 rings (SSSR count). The standard InChI is InChI=1S/C13H18O.C3H6O2/c1-4-12-7-5-6-8-13(12)9-10(2)11(3)14;1-2-3(4)5/h5-8,10H,4,9H2,1-3H3;2H2,1H3,(H,4,5). The smallest absolute Gasteiger partial charge is 0.303 e. The van der Waals surface area contributed by atoms with Crippen molar-refractivity contribution < 1.29 is 14.7 Å². The van der Waals surface area contributed by atoms with Gasteiger partial charge in [0.15, 0.2) is 0 Å². The SMILES string of the molecule is CCC(=O)O.CCc1ccccc1CC(C)C(C)=O. The topological polar surface area (TPSA) is 54.4 Å². The molecule has 0 aliphatic carbocycles. The summed E-state index contributed by atoms with van der Waals surface area (Å²) >= 11 is 0. The van der Waals surface area contributed by atoms with Crippen LogP contribution in [0, 0.1) is 5.92 Å². The number of Topliss-reactive ketones (excluding diaryl/α,β-unsaturated/α-hetero) is 1. The van der Waals surface area contributed by atoms with Gasteiger partial charge in [0.25, 0.3) is 0 Å². The summed E-state index contributed by atoms with van der Waals surface area (Å²) in [5.74, 6) is -0.330. The van der Waals surface area contributed by atoms with Crippen LogP contribution in [0.25, 0.3) is 0 Å². The summed E-state index contributed by atoms with van der Waals surface area (Å²) in [5, 5.41) is 7.72. The van der Waals surface area contributed by atoms with Crippen LogP contribution < -0.4 is 0 Å². The van der Waals surface area contributed by atoms with Crippen LogP contribution in [0.3, 0.4) is 0 Å². The van der Waals surface area contributed by atoms with Crippen molar-refractivity contribution in [2.45, 2.75) is 47.0 Å². The molecule has 0 fully saturated rings. The lowest BCUT2D eigenvalue weighted by molar-refractivity contribution is -0.136. The highest BCUT2D eigenvalue weighted by molar-refractivity contribution is 5.78. The van der Waals surface area contributed by atoms with E-state index in [1.807, 2.05) is 13.0 Å². The van der Waals surface area contributed by atoms with Crippen LogP contribution in [-0.4, -0.2) is 16.9 Å². The van der Waals surface area contributed by atoms with Crippen molar-refractivity contribution >= 4 is 11.8 Å². The molecule has 106 valence electrons. The lowest BCUT2D eigenvalue weighted by Crippen LogP contribution is -2.10. The number of carbonyl (C=O) groups is 2. The van der Waals surface area contributed by atoms with Crippen LogP contribution in [-0.2, 0) is 22.4 Å². The summed E-state index contributed by atoms with van der Waals surface area (Å²) in [7, 11) is 0. The zero-order valence-electron chi connectivity index (χ0n) is 12.3. The number of carboxylic acids is 1. The van der Waals surface area contributed by atoms with Gasteiger partial charge in [0, 0.05) is 12.3 Å². The van der Waals surface area contributed by atoms with Crippen LogP contribution in [0.15, 0.2) is 24.3 Å². The molecular formula is C16H24O3. The van der Waals surface area contributed by atoms with E-state index < -0.39 is 5.97 Å². The fourth-order valence-corrected chi connectivity index (χ4v) is 1.58. The largest absolute Gasteiger partial charge is 0.481 e. The fourth-order valence-electron chi connectivity index (χ4n) is 1.58. The number of benzene rings is 1. The molecule has 0 spiro atoms. The Morgan fingerprint density at radius 3 is 2.00 bits per heavy atom. The monoisotopic (exact) mass is 264 g/mol. The molecule has 0 saturated heterocycles. The molecule has 1 unspecified atom stereocenters. The lowest BCUT2D eigenvalue weighted by Gasteiger charge is -2.11. The highest BCUT2D eigenvalue weighted by Crippen LogP contribution is 2.14. The Morgan fingerprint density at radius 2 is 1.63 bits per heavy atom. The van der Waals surface area contributed by atoms with Crippen molar-refractivity contribution in [3.8, 4) is 0 Å². The highest BCUT2D eigenvalue weighted by atomic mass is 16.4. The first-order valence-corrected chi connectivity index (χ1v) is 6.71. The van der Waals surface area contributed by atoms with Crippen LogP contribution in [0.1, 0.15) is 45.2 Å². The predicted octanol–water partition coefficient (Wildman–Crippen LogP) is 3.50. The predicted molar refractivity (Wildman–Crippen MR) is 77.3 cm³/mol. The molecule has 0 aliphatic heterocycles. The van der Waals surface area contributed by atoms with E-state index >= 15 is 0 Å². The van der Waals surface area contributed by atoms with E-state index in [9.17, 15) is 9.59 Å². The Bertz CT molecular complexity index is 410. The maximum atomic E-state index is 11.1. The van der Waals surface area contributed by atoms with Crippen LogP contribution in [0.5, 0.6) is 0 Å². The Hall–Kier alpha value is -1.64. The third-order valence-electron chi connectivity index (χ3n) is 3.02. The van der Waals surface area contributed by atoms with Crippen molar-refractivity contribution in [1.82, 2.24) is 0 Å². The minimum Gasteiger partial charge on any atom is -0.481 e. The molecule has 3 heteroatoms. The second-order valence-corrected chi connectivity index (χ2v) is 4.59. The Labute approximate surface area is 115 Å². The third kappa shape index (κ3) is 7.39. The van der Waals surface area contributed by atoms with Gasteiger partial charge in [-0.3, -0.25) is 9.59 Å². The lowest BCUT2D eigenvalue weighted by atomic mass is 9.94. The number of carboxylic acid groups (broad SMARTS) is 1. The molecule has 0 aliphatic rings. The minimum absolute atomic E-state index is 0.141. The van der Waals surface area contributed by atoms with Crippen molar-refractivity contribution in [3.63, 3.8) is 0 Å². The van der Waals surface area contributed by atoms with Gasteiger partial charge in [-0.1, -0.05) is 45.0 Å². The van der Waals surface area contributed by atoms with Gasteiger partial charge in [0.2, 0.25) is 0 Å². The molecule has 0 heterocycles. The minimum atomic E-state index is -0.745. The number of rotatable bonds is 5. The van der Waals surface area contributed by atoms with Crippen LogP contribution in [0.2, 0.25) is 0 Å². The number of aliphatic carboxylic acids is 1. The third-order valence-corrected chi connectivity index (χ3v) is 3.02. The Kier molecular flexibility index (Phi) is 8.51. The summed E-state index contributed by atoms with van der Waals surface area (Å²) in [4.78, 5) is 20.5. The number of hydrogen-bond donors (Lipinski definition) is 1. The van der Waals surface area contributed by atoms with Crippen LogP contribution in [0.4, 0.5) is 0 Å². The molecule has 0 amide bonds. The van der Waals surface area contributed by atoms with Gasteiger partial charge in [-0.25, -0.2) is 0 Å². The molecule has 1 aromatic rings. The summed E-state index contributed by atoms with van der Waals surface area (Å²) in [6.45, 7) is 7.41. The van der Waals surface area contributed by atoms with Gasteiger partial charge in [-0.15, -0.1) is 0 Å². The summed E-state index contributed by atoms with van der Waals surface area (Å²) < 4.78 is 0. The van der Waals surface area contributed by atoms with Gasteiger partial charge in [0.1, 0.15) is 5.78 Å². The molecule has 1 atom stereocenters. The van der Waals surface area contributed by atoms with E-state index in [1.165, 1.54) is 11.1 Å². The van der Waals surface area contributed by atoms with Crippen molar-refractivity contribution in [3.05, 3.63) is 35.4 Å². The average Bonchev–Trinajstić information content (AvgIpc) is 2.39. The molecule has 0 aromatic heterocycles. The first-order chi connectivity index (χ1) is 8.92. The van der Waals surface area contributed by atoms with Crippen LogP contribution >= 0.6 is 0 Å². The van der Waals surface area contributed by atoms with Gasteiger partial charge in [0.05, 0.1) is 0 Å². The normalized spacial score (nSPS) is 11.2. The van der Waals surface area contributed by atoms with E-state index in [4.69, 9.17) is 5.11 Å². The first kappa shape index (κ1) is 17.4. The molecule has 19 heavy (non-hydrogen) atoms. The Morgan fingerprint density at radius 1 is 1.16 bits per heavy atom. The molecule has 0 radical (unpaired) electrons. The number of carbonyl (C=O) groups excluding carboxylic acids is 1. The summed E-state index contributed by atoms with van der Waals surface area (Å²) in [5.41, 5.74) is 2.68. The number of ketones is 1. The van der Waals surface area contributed by atoms with E-state index in [0.717, 1.165) is 12.8 Å². The van der Waals surface area contributed by atoms with Crippen molar-refractivity contribution in [2.24, 2.45) is 5.92 Å². The highest BCUT2D eigenvalue weighted by Gasteiger charge is 2.10. The fraction of sp³-hybridized carbons (Fsp3) is 0.500. The van der Waals surface area contributed by atoms with Crippen molar-refractivity contribution in [1.29, 1.82) is 0 Å². The summed E-state index contributed by atoms with van der Waals surface area (Å²) in [6.07, 6.45) is 2.14. The first-order valence-electron chi connectivity index (χ1n) is 6.71. The van der Waals surface area contributed by atoms with E-state index in [-0.39, 0.29) is 18.1 Å². The quantitative estimate of drug-likeness (QED) is 0.885. The van der Waals surface area contributed by atoms with Gasteiger partial charge >= 0.3 is 5.97 Å². The second kappa shape index (κ2) is 9.31. The molecular weight excluding hydrogens is 240 g/mol. The molecule has 0 bridgehead atoms. The zero-order valence-corrected chi connectivity index (χ0v) is 12.3. The molecule has 3 nitrogen and oxygen atoms in total. The number of aryl methyl sites for hydroxylation is 1. The number of hydrogen-bond acceptors (Lipinski definition) is 2. The second-order valence-electron chi connectivity index (χ2n) is 4.59. The maximum Gasteiger partial charge on any atom is 0.303 e. The van der Waals surface area contributed by atoms with E-state index in [0.29, 0.717) is 0 Å². The van der Waals surface area contributed by atoms with Gasteiger partial charge in [-0.2, -0.15) is 0 Å². The zero-order chi connectivity index (χ0) is 14.8. The van der Waals surface area contributed by atoms with E-state index in [2.05, 4.69) is 25.1 Å². The average molecular weight is 264 g/mol. The maximum absolute atomic E-state index is 11.1. The van der Waals surface area contributed by atoms with Gasteiger partial charge < -0.3 is 5.11 Å². The molecule has 1 N–H and O–H groups in total. The Balaban J connectivity index is 0.000000555. The van der Waals surface area contributed by atoms with Gasteiger partial charge in [-0.05, 0) is 30.9 Å². The molecule has 1 aromatic carbocycles. The van der Waals surface area contributed by atoms with E-state index in [1.54, 1.807) is 13.8 Å². The molecule has 0 saturated carbocycles.